The van der Waals surface area contributed by atoms with Gasteiger partial charge in [-0.05, 0) is 50.1 Å². The summed E-state index contributed by atoms with van der Waals surface area (Å²) >= 11 is 0. The predicted octanol–water partition coefficient (Wildman–Crippen LogP) is 5.46. The topological polar surface area (TPSA) is 94.8 Å². The number of nitrogens with one attached hydrogen (secondary N) is 1. The Kier molecular flexibility index (Phi) is 8.55. The zero-order valence-corrected chi connectivity index (χ0v) is 22.6. The van der Waals surface area contributed by atoms with Crippen molar-refractivity contribution in [2.24, 2.45) is 0 Å². The van der Waals surface area contributed by atoms with Crippen LogP contribution in [0.5, 0.6) is 11.5 Å². The lowest BCUT2D eigenvalue weighted by Crippen LogP contribution is -2.33. The minimum atomic E-state index is -4.29. The summed E-state index contributed by atoms with van der Waals surface area (Å²) in [6.07, 6.45) is -4.32. The lowest BCUT2D eigenvalue weighted by Gasteiger charge is -2.22. The van der Waals surface area contributed by atoms with E-state index in [9.17, 15) is 22.0 Å². The molecule has 2 heterocycles. The molecule has 4 rings (SSSR count). The van der Waals surface area contributed by atoms with Crippen molar-refractivity contribution in [3.63, 3.8) is 0 Å². The first-order chi connectivity index (χ1) is 18.8. The van der Waals surface area contributed by atoms with Gasteiger partial charge >= 0.3 is 6.18 Å². The second-order valence-corrected chi connectivity index (χ2v) is 9.91. The van der Waals surface area contributed by atoms with Crippen molar-refractivity contribution in [1.29, 1.82) is 0 Å². The number of hydrogen-bond donors (Lipinski definition) is 2. The summed E-state index contributed by atoms with van der Waals surface area (Å²) in [6.45, 7) is 2.10. The number of anilines is 2. The SMILES string of the molecule is COCC(F)(F)c1cc(N)cc([C@@H](C)Nc2nc(C)nc3cc(OC)c(O[C@H]4CCN(CC(F)(F)F)C4)cc23)c1. The Balaban J connectivity index is 1.63. The standard InChI is InChI=1S/C27H32F5N5O3/c1-15(17-7-18(9-19(33)8-17)26(28,29)14-38-3)34-25-21-10-24(23(39-4)11-22(21)35-16(2)36-25)40-20-5-6-37(12-20)13-27(30,31)32/h7-11,15,20H,5-6,12-14,33H2,1-4H3,(H,34,35,36)/t15-,20+/m1/s1. The van der Waals surface area contributed by atoms with E-state index in [0.717, 1.165) is 0 Å². The van der Waals surface area contributed by atoms with Crippen molar-refractivity contribution in [2.75, 3.05) is 51.5 Å². The molecule has 0 aliphatic carbocycles. The summed E-state index contributed by atoms with van der Waals surface area (Å²) in [6, 6.07) is 7.04. The third-order valence-electron chi connectivity index (χ3n) is 6.60. The molecule has 0 saturated carbocycles. The fraction of sp³-hybridized carbons (Fsp3) is 0.481. The highest BCUT2D eigenvalue weighted by atomic mass is 19.4. The number of ether oxygens (including phenoxy) is 3. The minimum absolute atomic E-state index is 0.124. The molecule has 40 heavy (non-hydrogen) atoms. The fourth-order valence-electron chi connectivity index (χ4n) is 4.78. The van der Waals surface area contributed by atoms with Gasteiger partial charge in [-0.3, -0.25) is 4.90 Å². The van der Waals surface area contributed by atoms with Crippen LogP contribution in [-0.2, 0) is 10.7 Å². The van der Waals surface area contributed by atoms with Crippen LogP contribution in [0.4, 0.5) is 33.5 Å². The van der Waals surface area contributed by atoms with E-state index in [0.29, 0.717) is 46.0 Å². The number of nitrogens with two attached hydrogens (primary N) is 1. The Hall–Kier alpha value is -3.45. The van der Waals surface area contributed by atoms with Gasteiger partial charge in [0, 0.05) is 42.9 Å². The Bertz CT molecular complexity index is 1350. The number of alkyl halides is 5. The van der Waals surface area contributed by atoms with E-state index in [1.54, 1.807) is 32.0 Å². The fourth-order valence-corrected chi connectivity index (χ4v) is 4.78. The molecule has 1 aliphatic rings. The molecule has 2 atom stereocenters. The van der Waals surface area contributed by atoms with Crippen LogP contribution in [0.3, 0.4) is 0 Å². The van der Waals surface area contributed by atoms with Crippen LogP contribution in [-0.4, -0.2) is 67.6 Å². The molecule has 0 radical (unpaired) electrons. The van der Waals surface area contributed by atoms with Crippen LogP contribution >= 0.6 is 0 Å². The molecule has 0 bridgehead atoms. The summed E-state index contributed by atoms with van der Waals surface area (Å²) < 4.78 is 83.8. The zero-order chi connectivity index (χ0) is 29.2. The number of nitrogen functional groups attached to an aromatic ring is 1. The Morgan fingerprint density at radius 1 is 1.07 bits per heavy atom. The average molecular weight is 570 g/mol. The molecule has 1 aliphatic heterocycles. The number of aromatic nitrogens is 2. The number of hydrogen-bond acceptors (Lipinski definition) is 8. The van der Waals surface area contributed by atoms with E-state index in [2.05, 4.69) is 20.0 Å². The molecular weight excluding hydrogens is 537 g/mol. The first kappa shape index (κ1) is 29.5. The van der Waals surface area contributed by atoms with E-state index in [4.69, 9.17) is 15.2 Å². The van der Waals surface area contributed by atoms with Gasteiger partial charge in [0.05, 0.1) is 25.2 Å². The predicted molar refractivity (Wildman–Crippen MR) is 141 cm³/mol. The maximum atomic E-state index is 14.5. The third kappa shape index (κ3) is 7.00. The quantitative estimate of drug-likeness (QED) is 0.246. The maximum absolute atomic E-state index is 14.5. The average Bonchev–Trinajstić information content (AvgIpc) is 3.28. The summed E-state index contributed by atoms with van der Waals surface area (Å²) in [5.74, 6) is -1.64. The summed E-state index contributed by atoms with van der Waals surface area (Å²) in [5.41, 5.74) is 6.91. The van der Waals surface area contributed by atoms with Crippen molar-refractivity contribution >= 4 is 22.4 Å². The number of fused-ring (bicyclic) bond motifs is 1. The van der Waals surface area contributed by atoms with Gasteiger partial charge < -0.3 is 25.3 Å². The number of aryl methyl sites for hydroxylation is 1. The first-order valence-corrected chi connectivity index (χ1v) is 12.6. The molecule has 0 spiro atoms. The molecule has 3 N–H and O–H groups in total. The van der Waals surface area contributed by atoms with Gasteiger partial charge in [0.25, 0.3) is 5.92 Å². The van der Waals surface area contributed by atoms with E-state index in [1.807, 2.05) is 0 Å². The van der Waals surface area contributed by atoms with E-state index >= 15 is 0 Å². The highest BCUT2D eigenvalue weighted by molar-refractivity contribution is 5.92. The monoisotopic (exact) mass is 569 g/mol. The van der Waals surface area contributed by atoms with Crippen LogP contribution in [0.25, 0.3) is 10.9 Å². The van der Waals surface area contributed by atoms with Crippen LogP contribution in [0.2, 0.25) is 0 Å². The smallest absolute Gasteiger partial charge is 0.401 e. The molecule has 0 amide bonds. The minimum Gasteiger partial charge on any atom is -0.493 e. The van der Waals surface area contributed by atoms with E-state index < -0.39 is 37.4 Å². The molecule has 8 nitrogen and oxygen atoms in total. The molecule has 2 aromatic carbocycles. The molecule has 1 fully saturated rings. The molecule has 1 aromatic heterocycles. The van der Waals surface area contributed by atoms with Gasteiger partial charge in [0.2, 0.25) is 0 Å². The van der Waals surface area contributed by atoms with Crippen molar-refractivity contribution in [3.05, 3.63) is 47.3 Å². The number of likely N-dealkylation sites (tertiary alicyclic amines) is 1. The van der Waals surface area contributed by atoms with Crippen molar-refractivity contribution in [2.45, 2.75) is 44.5 Å². The van der Waals surface area contributed by atoms with Gasteiger partial charge in [-0.1, -0.05) is 0 Å². The highest BCUT2D eigenvalue weighted by Crippen LogP contribution is 2.38. The molecule has 218 valence electrons. The Morgan fingerprint density at radius 3 is 2.50 bits per heavy atom. The molecule has 13 heteroatoms. The van der Waals surface area contributed by atoms with Gasteiger partial charge in [0.1, 0.15) is 24.4 Å². The summed E-state index contributed by atoms with van der Waals surface area (Å²) in [7, 11) is 2.66. The largest absolute Gasteiger partial charge is 0.493 e. The third-order valence-corrected chi connectivity index (χ3v) is 6.60. The molecular formula is C27H32F5N5O3. The Labute approximate surface area is 228 Å². The lowest BCUT2D eigenvalue weighted by atomic mass is 10.00. The van der Waals surface area contributed by atoms with Gasteiger partial charge in [-0.2, -0.15) is 22.0 Å². The second kappa shape index (κ2) is 11.6. The normalized spacial score (nSPS) is 17.3. The van der Waals surface area contributed by atoms with Gasteiger partial charge in [-0.25, -0.2) is 9.97 Å². The van der Waals surface area contributed by atoms with Crippen LogP contribution in [0, 0.1) is 6.92 Å². The van der Waals surface area contributed by atoms with Crippen molar-refractivity contribution in [1.82, 2.24) is 14.9 Å². The van der Waals surface area contributed by atoms with Crippen LogP contribution in [0.15, 0.2) is 30.3 Å². The number of methoxy groups -OCH3 is 2. The van der Waals surface area contributed by atoms with Crippen LogP contribution in [0.1, 0.15) is 36.3 Å². The lowest BCUT2D eigenvalue weighted by molar-refractivity contribution is -0.144. The highest BCUT2D eigenvalue weighted by Gasteiger charge is 2.35. The van der Waals surface area contributed by atoms with Gasteiger partial charge in [0.15, 0.2) is 11.5 Å². The zero-order valence-electron chi connectivity index (χ0n) is 22.6. The molecule has 0 unspecified atom stereocenters. The molecule has 1 saturated heterocycles. The second-order valence-electron chi connectivity index (χ2n) is 9.91. The number of benzene rings is 2. The van der Waals surface area contributed by atoms with Crippen molar-refractivity contribution in [3.8, 4) is 11.5 Å². The van der Waals surface area contributed by atoms with Gasteiger partial charge in [-0.15, -0.1) is 0 Å². The van der Waals surface area contributed by atoms with Crippen LogP contribution < -0.4 is 20.5 Å². The Morgan fingerprint density at radius 2 is 1.82 bits per heavy atom. The number of halogens is 5. The number of rotatable bonds is 10. The molecule has 3 aromatic rings. The first-order valence-electron chi connectivity index (χ1n) is 12.6. The number of nitrogens with zero attached hydrogens (tertiary/aromatic N) is 3. The van der Waals surface area contributed by atoms with E-state index in [-0.39, 0.29) is 24.3 Å². The van der Waals surface area contributed by atoms with Crippen molar-refractivity contribution < 1.29 is 36.2 Å². The maximum Gasteiger partial charge on any atom is 0.401 e. The summed E-state index contributed by atoms with van der Waals surface area (Å²) in [5, 5.41) is 3.82. The summed E-state index contributed by atoms with van der Waals surface area (Å²) in [4.78, 5) is 10.3. The van der Waals surface area contributed by atoms with E-state index in [1.165, 1.54) is 31.3 Å².